The number of nitrogens with zero attached hydrogens (tertiary/aromatic N) is 1. The van der Waals surface area contributed by atoms with Crippen LogP contribution in [0.1, 0.15) is 253 Å². The average Bonchev–Trinajstić information content (AvgIpc) is 3.19. The van der Waals surface area contributed by atoms with Crippen molar-refractivity contribution in [2.24, 2.45) is 11.8 Å². The fraction of sp³-hybridized carbons (Fsp3) is 0.960. The SMILES string of the molecule is CCCCCC(CCCCC)CC(=O)OCCCCCCCCCC(CCCCCCCOC(=O)CC(CCCCC)CCCCC)OCCCCN(C)CC. The Kier molecular flexibility index (Phi) is 42.6. The van der Waals surface area contributed by atoms with Gasteiger partial charge in [0, 0.05) is 19.4 Å². The normalized spacial score (nSPS) is 12.3. The van der Waals surface area contributed by atoms with E-state index in [9.17, 15) is 9.59 Å². The zero-order valence-electron chi connectivity index (χ0n) is 38.8. The van der Waals surface area contributed by atoms with E-state index in [2.05, 4.69) is 46.6 Å². The molecule has 0 heterocycles. The minimum Gasteiger partial charge on any atom is -0.466 e. The first kappa shape index (κ1) is 54.9. The second-order valence-electron chi connectivity index (χ2n) is 17.5. The highest BCUT2D eigenvalue weighted by Crippen LogP contribution is 2.23. The Morgan fingerprint density at radius 3 is 1.12 bits per heavy atom. The monoisotopic (exact) mass is 794 g/mol. The van der Waals surface area contributed by atoms with E-state index < -0.39 is 0 Å². The molecule has 1 unspecified atom stereocenters. The van der Waals surface area contributed by atoms with E-state index in [1.54, 1.807) is 0 Å². The Balaban J connectivity index is 4.26. The van der Waals surface area contributed by atoms with Crippen LogP contribution in [-0.4, -0.2) is 62.9 Å². The summed E-state index contributed by atoms with van der Waals surface area (Å²) in [5.41, 5.74) is 0. The number of esters is 2. The summed E-state index contributed by atoms with van der Waals surface area (Å²) in [6, 6.07) is 0. The Morgan fingerprint density at radius 1 is 0.411 bits per heavy atom. The third-order valence-electron chi connectivity index (χ3n) is 12.0. The summed E-state index contributed by atoms with van der Waals surface area (Å²) < 4.78 is 17.8. The molecule has 0 amide bonds. The van der Waals surface area contributed by atoms with Crippen molar-refractivity contribution in [2.75, 3.05) is 40.0 Å². The molecule has 0 fully saturated rings. The van der Waals surface area contributed by atoms with E-state index in [-0.39, 0.29) is 11.9 Å². The Bertz CT molecular complexity index is 801. The molecule has 0 aliphatic carbocycles. The van der Waals surface area contributed by atoms with Crippen LogP contribution in [0.15, 0.2) is 0 Å². The molecule has 0 saturated carbocycles. The van der Waals surface area contributed by atoms with Crippen molar-refractivity contribution in [2.45, 2.75) is 259 Å². The predicted molar refractivity (Wildman–Crippen MR) is 241 cm³/mol. The van der Waals surface area contributed by atoms with Gasteiger partial charge in [0.15, 0.2) is 0 Å². The summed E-state index contributed by atoms with van der Waals surface area (Å²) in [7, 11) is 2.20. The first-order chi connectivity index (χ1) is 27.4. The number of hydrogen-bond donors (Lipinski definition) is 0. The van der Waals surface area contributed by atoms with Crippen LogP contribution in [0.5, 0.6) is 0 Å². The molecule has 0 saturated heterocycles. The van der Waals surface area contributed by atoms with Gasteiger partial charge in [0.25, 0.3) is 0 Å². The van der Waals surface area contributed by atoms with Gasteiger partial charge < -0.3 is 19.1 Å². The highest BCUT2D eigenvalue weighted by atomic mass is 16.5. The van der Waals surface area contributed by atoms with Crippen LogP contribution in [0.25, 0.3) is 0 Å². The van der Waals surface area contributed by atoms with Crippen molar-refractivity contribution >= 4 is 11.9 Å². The van der Waals surface area contributed by atoms with Gasteiger partial charge >= 0.3 is 11.9 Å². The summed E-state index contributed by atoms with van der Waals surface area (Å²) in [5, 5.41) is 0. The first-order valence-electron chi connectivity index (χ1n) is 25.0. The van der Waals surface area contributed by atoms with Crippen molar-refractivity contribution in [3.63, 3.8) is 0 Å². The van der Waals surface area contributed by atoms with E-state index in [0.29, 0.717) is 44.0 Å². The lowest BCUT2D eigenvalue weighted by molar-refractivity contribution is -0.146. The largest absolute Gasteiger partial charge is 0.466 e. The van der Waals surface area contributed by atoms with Crippen molar-refractivity contribution in [3.8, 4) is 0 Å². The van der Waals surface area contributed by atoms with Gasteiger partial charge in [-0.2, -0.15) is 0 Å². The maximum Gasteiger partial charge on any atom is 0.306 e. The second-order valence-corrected chi connectivity index (χ2v) is 17.5. The van der Waals surface area contributed by atoms with Gasteiger partial charge in [-0.3, -0.25) is 9.59 Å². The van der Waals surface area contributed by atoms with E-state index in [4.69, 9.17) is 14.2 Å². The van der Waals surface area contributed by atoms with E-state index in [1.165, 1.54) is 167 Å². The molecule has 0 radical (unpaired) electrons. The smallest absolute Gasteiger partial charge is 0.306 e. The number of carbonyl (C=O) groups is 2. The maximum atomic E-state index is 12.6. The van der Waals surface area contributed by atoms with Crippen LogP contribution in [0.4, 0.5) is 0 Å². The molecule has 1 atom stereocenters. The highest BCUT2D eigenvalue weighted by Gasteiger charge is 2.16. The van der Waals surface area contributed by atoms with Crippen LogP contribution in [0, 0.1) is 11.8 Å². The molecular weight excluding hydrogens is 695 g/mol. The molecule has 0 aromatic rings. The minimum absolute atomic E-state index is 0.0247. The van der Waals surface area contributed by atoms with Crippen molar-refractivity contribution in [1.82, 2.24) is 4.90 Å². The summed E-state index contributed by atoms with van der Waals surface area (Å²) in [6.07, 6.45) is 40.3. The van der Waals surface area contributed by atoms with Crippen LogP contribution in [0.2, 0.25) is 0 Å². The van der Waals surface area contributed by atoms with Crippen LogP contribution in [-0.2, 0) is 23.8 Å². The molecule has 0 rings (SSSR count). The lowest BCUT2D eigenvalue weighted by Crippen LogP contribution is -2.20. The fourth-order valence-corrected chi connectivity index (χ4v) is 7.96. The lowest BCUT2D eigenvalue weighted by Gasteiger charge is -2.19. The van der Waals surface area contributed by atoms with Crippen LogP contribution in [0.3, 0.4) is 0 Å². The van der Waals surface area contributed by atoms with Gasteiger partial charge in [0.1, 0.15) is 0 Å². The van der Waals surface area contributed by atoms with Crippen molar-refractivity contribution in [1.29, 1.82) is 0 Å². The summed E-state index contributed by atoms with van der Waals surface area (Å²) in [6.45, 7) is 15.5. The predicted octanol–water partition coefficient (Wildman–Crippen LogP) is 15.0. The van der Waals surface area contributed by atoms with Gasteiger partial charge in [0.05, 0.1) is 19.3 Å². The third kappa shape index (κ3) is 38.4. The quantitative estimate of drug-likeness (QED) is 0.0452. The topological polar surface area (TPSA) is 65.1 Å². The Morgan fingerprint density at radius 2 is 0.750 bits per heavy atom. The summed E-state index contributed by atoms with van der Waals surface area (Å²) in [5.74, 6) is 1.07. The molecular formula is C50H99NO5. The molecule has 0 bridgehead atoms. The highest BCUT2D eigenvalue weighted by molar-refractivity contribution is 5.70. The fourth-order valence-electron chi connectivity index (χ4n) is 7.96. The molecule has 0 aliphatic heterocycles. The standard InChI is InChI=1S/C50H99NO5/c1-7-12-24-34-46(35-25-13-8-2)44-49(52)55-42-31-22-18-16-17-20-28-38-48(54-41-33-30-40-51(6)11-5)39-29-21-19-23-32-43-56-50(53)45-47(36-26-14-9-3)37-27-15-10-4/h46-48H,7-45H2,1-6H3. The van der Waals surface area contributed by atoms with Gasteiger partial charge in [0.2, 0.25) is 0 Å². The molecule has 6 heteroatoms. The molecule has 0 aromatic carbocycles. The van der Waals surface area contributed by atoms with Crippen molar-refractivity contribution in [3.05, 3.63) is 0 Å². The molecule has 6 nitrogen and oxygen atoms in total. The number of hydrogen-bond acceptors (Lipinski definition) is 6. The van der Waals surface area contributed by atoms with Gasteiger partial charge in [-0.15, -0.1) is 0 Å². The lowest BCUT2D eigenvalue weighted by atomic mass is 9.92. The molecule has 0 aromatic heterocycles. The number of carbonyl (C=O) groups excluding carboxylic acids is 2. The van der Waals surface area contributed by atoms with E-state index in [1.807, 2.05) is 0 Å². The first-order valence-corrected chi connectivity index (χ1v) is 25.0. The molecule has 334 valence electrons. The molecule has 0 spiro atoms. The average molecular weight is 794 g/mol. The Hall–Kier alpha value is -1.14. The van der Waals surface area contributed by atoms with E-state index in [0.717, 1.165) is 58.2 Å². The zero-order valence-corrected chi connectivity index (χ0v) is 38.8. The second kappa shape index (κ2) is 43.4. The third-order valence-corrected chi connectivity index (χ3v) is 12.0. The van der Waals surface area contributed by atoms with Crippen LogP contribution < -0.4 is 0 Å². The molecule has 0 N–H and O–H groups in total. The van der Waals surface area contributed by atoms with Gasteiger partial charge in [-0.1, -0.05) is 176 Å². The number of rotatable bonds is 45. The molecule has 0 aliphatic rings. The number of ether oxygens (including phenoxy) is 3. The van der Waals surface area contributed by atoms with Crippen LogP contribution >= 0.6 is 0 Å². The summed E-state index contributed by atoms with van der Waals surface area (Å²) in [4.78, 5) is 27.4. The Labute approximate surface area is 350 Å². The number of unbranched alkanes of at least 4 members (excludes halogenated alkanes) is 19. The molecule has 56 heavy (non-hydrogen) atoms. The van der Waals surface area contributed by atoms with Gasteiger partial charge in [-0.05, 0) is 96.2 Å². The maximum absolute atomic E-state index is 12.6. The van der Waals surface area contributed by atoms with Gasteiger partial charge in [-0.25, -0.2) is 0 Å². The zero-order chi connectivity index (χ0) is 41.2. The summed E-state index contributed by atoms with van der Waals surface area (Å²) >= 11 is 0. The minimum atomic E-state index is 0.0247. The van der Waals surface area contributed by atoms with E-state index >= 15 is 0 Å². The van der Waals surface area contributed by atoms with Crippen molar-refractivity contribution < 1.29 is 23.8 Å².